The molecule has 0 unspecified atom stereocenters. The average molecular weight is 941 g/mol. The molecule has 1 aliphatic rings. The van der Waals surface area contributed by atoms with Crippen LogP contribution in [0.15, 0.2) is 36.4 Å². The number of unbranched alkanes of at least 4 members (excludes halogenated alkanes) is 13. The molecule has 1 heterocycles. The van der Waals surface area contributed by atoms with Crippen molar-refractivity contribution >= 4 is 14.6 Å². The van der Waals surface area contributed by atoms with Gasteiger partial charge in [-0.1, -0.05) is 246 Å². The van der Waals surface area contributed by atoms with Gasteiger partial charge in [0.1, 0.15) is 17.2 Å². The summed E-state index contributed by atoms with van der Waals surface area (Å²) in [5.41, 5.74) is 8.10. The molecule has 0 bridgehead atoms. The summed E-state index contributed by atoms with van der Waals surface area (Å²) in [5.74, 6) is 2.06. The van der Waals surface area contributed by atoms with Gasteiger partial charge in [-0.25, -0.2) is 4.79 Å². The van der Waals surface area contributed by atoms with Gasteiger partial charge in [-0.2, -0.15) is 0 Å². The Labute approximate surface area is 413 Å². The molecule has 376 valence electrons. The van der Waals surface area contributed by atoms with Gasteiger partial charge in [-0.15, -0.1) is 0 Å². The van der Waals surface area contributed by atoms with E-state index in [2.05, 4.69) is 163 Å². The highest BCUT2D eigenvalue weighted by atomic mass is 31.2. The maximum Gasteiger partial charge on any atom is 0.530 e. The largest absolute Gasteiger partial charge is 0.530 e. The molecule has 0 amide bonds. The monoisotopic (exact) mass is 941 g/mol. The van der Waals surface area contributed by atoms with Gasteiger partial charge in [-0.3, -0.25) is 0 Å². The summed E-state index contributed by atoms with van der Waals surface area (Å²) in [6.45, 7) is 45.5. The van der Waals surface area contributed by atoms with Crippen molar-refractivity contribution in [2.24, 2.45) is 0 Å². The van der Waals surface area contributed by atoms with Crippen LogP contribution in [0.4, 0.5) is 0 Å². The average Bonchev–Trinajstić information content (AvgIpc) is 3.19. The van der Waals surface area contributed by atoms with Crippen molar-refractivity contribution in [3.05, 3.63) is 86.5 Å². The molecule has 0 radical (unpaired) electrons. The third-order valence-electron chi connectivity index (χ3n) is 13.7. The number of carbonyl (C=O) groups is 1. The summed E-state index contributed by atoms with van der Waals surface area (Å²) in [7, 11) is -2.08. The molecule has 6 heteroatoms. The number of carbonyl (C=O) groups excluding carboxylic acids is 1. The molecule has 0 fully saturated rings. The molecular weight excluding hydrogens is 844 g/mol. The topological polar surface area (TPSA) is 54.0 Å². The molecule has 3 aromatic rings. The number of rotatable bonds is 18. The predicted molar refractivity (Wildman–Crippen MR) is 288 cm³/mol. The van der Waals surface area contributed by atoms with E-state index in [-0.39, 0.29) is 44.4 Å². The smallest absolute Gasteiger partial charge is 0.462 e. The fourth-order valence-electron chi connectivity index (χ4n) is 9.08. The van der Waals surface area contributed by atoms with Crippen molar-refractivity contribution in [2.45, 2.75) is 267 Å². The maximum atomic E-state index is 14.0. The van der Waals surface area contributed by atoms with Crippen LogP contribution in [-0.4, -0.2) is 12.6 Å². The highest BCUT2D eigenvalue weighted by Crippen LogP contribution is 2.57. The number of hydrogen-bond acceptors (Lipinski definition) is 5. The Balaban J connectivity index is 1.72. The fourth-order valence-corrected chi connectivity index (χ4v) is 10.2. The summed E-state index contributed by atoms with van der Waals surface area (Å²) in [6, 6.07) is 13.4. The minimum absolute atomic E-state index is 0.0287. The van der Waals surface area contributed by atoms with E-state index >= 15 is 0 Å². The summed E-state index contributed by atoms with van der Waals surface area (Å²) < 4.78 is 28.1. The Morgan fingerprint density at radius 1 is 0.478 bits per heavy atom. The van der Waals surface area contributed by atoms with Gasteiger partial charge in [0.15, 0.2) is 0 Å². The number of esters is 1. The molecule has 67 heavy (non-hydrogen) atoms. The zero-order valence-corrected chi connectivity index (χ0v) is 47.5. The Bertz CT molecular complexity index is 1970. The molecule has 0 spiro atoms. The van der Waals surface area contributed by atoms with Crippen molar-refractivity contribution in [3.8, 4) is 17.2 Å². The number of ether oxygens (including phenoxy) is 1. The Kier molecular flexibility index (Phi) is 19.2. The minimum atomic E-state index is -2.08. The van der Waals surface area contributed by atoms with Gasteiger partial charge in [0.25, 0.3) is 0 Å². The molecule has 0 saturated heterocycles. The Morgan fingerprint density at radius 3 is 1.15 bits per heavy atom. The number of benzene rings is 3. The van der Waals surface area contributed by atoms with Crippen LogP contribution < -0.4 is 13.6 Å². The van der Waals surface area contributed by atoms with Crippen molar-refractivity contribution in [1.82, 2.24) is 0 Å². The number of fused-ring (bicyclic) bond motifs is 2. The van der Waals surface area contributed by atoms with E-state index in [1.165, 1.54) is 88.2 Å². The number of hydrogen-bond donors (Lipinski definition) is 0. The zero-order chi connectivity index (χ0) is 50.3. The fraction of sp³-hybridized carbons (Fsp3) is 0.689. The molecule has 3 aromatic carbocycles. The van der Waals surface area contributed by atoms with Crippen LogP contribution in [-0.2, 0) is 37.2 Å². The highest BCUT2D eigenvalue weighted by Gasteiger charge is 2.40. The van der Waals surface area contributed by atoms with E-state index in [1.807, 2.05) is 12.1 Å². The van der Waals surface area contributed by atoms with Crippen molar-refractivity contribution in [2.75, 3.05) is 6.61 Å². The van der Waals surface area contributed by atoms with Gasteiger partial charge >= 0.3 is 14.6 Å². The summed E-state index contributed by atoms with van der Waals surface area (Å²) in [4.78, 5) is 14.0. The van der Waals surface area contributed by atoms with E-state index in [4.69, 9.17) is 18.3 Å². The Hall–Kier alpha value is -3.04. The van der Waals surface area contributed by atoms with Gasteiger partial charge in [-0.05, 0) is 62.2 Å². The van der Waals surface area contributed by atoms with Crippen LogP contribution in [0.5, 0.6) is 17.2 Å². The first kappa shape index (κ1) is 56.5. The third kappa shape index (κ3) is 15.7. The molecule has 0 saturated carbocycles. The first-order valence-corrected chi connectivity index (χ1v) is 27.5. The second-order valence-electron chi connectivity index (χ2n) is 26.2. The van der Waals surface area contributed by atoms with Crippen molar-refractivity contribution < 1.29 is 23.1 Å². The lowest BCUT2D eigenvalue weighted by molar-refractivity contribution is 0.0497. The van der Waals surface area contributed by atoms with Gasteiger partial charge in [0, 0.05) is 39.3 Å². The van der Waals surface area contributed by atoms with Crippen molar-refractivity contribution in [1.29, 1.82) is 0 Å². The van der Waals surface area contributed by atoms with E-state index in [0.29, 0.717) is 17.9 Å². The van der Waals surface area contributed by atoms with Crippen LogP contribution in [0.25, 0.3) is 0 Å². The molecular formula is C61H97O5P. The van der Waals surface area contributed by atoms with Gasteiger partial charge < -0.3 is 18.3 Å². The standard InChI is InChI=1S/C61H97O5P/c1-21-22-23-24-25-26-27-28-29-30-31-32-33-34-35-63-55(62)43-36-48(58(9,10)11)54(49(37-43)59(12,13)14)66-67-64-52-46(38-44(56(3,4)5)40-50(52)60(15,16)17)42(2)47-39-45(57(6,7)8)41-51(53(47)65-67)61(18,19)20/h36-42H,21-35H2,1-20H3. The van der Waals surface area contributed by atoms with Gasteiger partial charge in [0.2, 0.25) is 0 Å². The highest BCUT2D eigenvalue weighted by molar-refractivity contribution is 7.43. The molecule has 0 atom stereocenters. The third-order valence-corrected chi connectivity index (χ3v) is 14.7. The van der Waals surface area contributed by atoms with E-state index in [1.54, 1.807) is 0 Å². The summed E-state index contributed by atoms with van der Waals surface area (Å²) in [5, 5.41) is 0. The minimum Gasteiger partial charge on any atom is -0.462 e. The Morgan fingerprint density at radius 2 is 0.821 bits per heavy atom. The van der Waals surface area contributed by atoms with Gasteiger partial charge in [0.05, 0.1) is 12.2 Å². The van der Waals surface area contributed by atoms with Crippen LogP contribution >= 0.6 is 8.60 Å². The summed E-state index contributed by atoms with van der Waals surface area (Å²) >= 11 is 0. The van der Waals surface area contributed by atoms with E-state index in [9.17, 15) is 4.79 Å². The molecule has 5 nitrogen and oxygen atoms in total. The molecule has 4 rings (SSSR count). The van der Waals surface area contributed by atoms with Crippen LogP contribution in [0.3, 0.4) is 0 Å². The molecule has 0 N–H and O–H groups in total. The second-order valence-corrected chi connectivity index (χ2v) is 27.2. The molecule has 0 aromatic heterocycles. The van der Waals surface area contributed by atoms with E-state index < -0.39 is 8.60 Å². The molecule has 1 aliphatic heterocycles. The first-order chi connectivity index (χ1) is 30.9. The lowest BCUT2D eigenvalue weighted by atomic mass is 9.74. The predicted octanol–water partition coefficient (Wildman–Crippen LogP) is 19.3. The maximum absolute atomic E-state index is 14.0. The van der Waals surface area contributed by atoms with Crippen LogP contribution in [0.2, 0.25) is 0 Å². The van der Waals surface area contributed by atoms with Crippen molar-refractivity contribution in [3.63, 3.8) is 0 Å². The quantitative estimate of drug-likeness (QED) is 0.0722. The lowest BCUT2D eigenvalue weighted by Gasteiger charge is -2.37. The SMILES string of the molecule is CCCCCCCCCCCCCCCCOC(=O)c1cc(C(C)(C)C)c(OP2Oc3c(cc(C(C)(C)C)cc3C(C)(C)C)C(C)c3cc(C(C)(C)C)cc(C(C)(C)C)c3O2)c(C(C)(C)C)c1. The normalized spacial score (nSPS) is 16.1. The van der Waals surface area contributed by atoms with Crippen LogP contribution in [0.1, 0.15) is 289 Å². The summed E-state index contributed by atoms with van der Waals surface area (Å²) in [6.07, 6.45) is 18.1. The molecule has 0 aliphatic carbocycles. The van der Waals surface area contributed by atoms with E-state index in [0.717, 1.165) is 57.7 Å². The van der Waals surface area contributed by atoms with Crippen LogP contribution in [0, 0.1) is 0 Å². The second kappa shape index (κ2) is 22.8. The zero-order valence-electron chi connectivity index (χ0n) is 46.6. The first-order valence-electron chi connectivity index (χ1n) is 26.4. The lowest BCUT2D eigenvalue weighted by Crippen LogP contribution is -2.24.